The zero-order chi connectivity index (χ0) is 32.0. The molecule has 2 aromatic heterocycles. The van der Waals surface area contributed by atoms with Gasteiger partial charge in [-0.1, -0.05) is 18.2 Å². The lowest BCUT2D eigenvalue weighted by Crippen LogP contribution is -2.44. The molecule has 3 heterocycles. The number of aromatic nitrogens is 2. The molecule has 0 saturated carbocycles. The highest BCUT2D eigenvalue weighted by molar-refractivity contribution is 7.98. The third-order valence-electron chi connectivity index (χ3n) is 7.12. The maximum absolute atomic E-state index is 14.0. The molecule has 1 fully saturated rings. The molecule has 1 aromatic carbocycles. The fourth-order valence-electron chi connectivity index (χ4n) is 4.99. The number of benzene rings is 1. The number of pyridine rings is 2. The Morgan fingerprint density at radius 2 is 1.89 bits per heavy atom. The molecule has 0 spiro atoms. The predicted molar refractivity (Wildman–Crippen MR) is 165 cm³/mol. The van der Waals surface area contributed by atoms with E-state index in [1.54, 1.807) is 29.5 Å². The van der Waals surface area contributed by atoms with Gasteiger partial charge in [0.1, 0.15) is 16.9 Å². The van der Waals surface area contributed by atoms with E-state index in [9.17, 15) is 27.9 Å². The number of thioether (sulfide) groups is 1. The summed E-state index contributed by atoms with van der Waals surface area (Å²) in [6.07, 6.45) is -0.346. The van der Waals surface area contributed by atoms with Crippen molar-refractivity contribution in [1.29, 1.82) is 0 Å². The normalized spacial score (nSPS) is 15.2. The second kappa shape index (κ2) is 14.1. The van der Waals surface area contributed by atoms with E-state index in [1.807, 2.05) is 24.3 Å². The number of nitrogens with zero attached hydrogens (tertiary/aromatic N) is 3. The summed E-state index contributed by atoms with van der Waals surface area (Å²) in [7, 11) is 0. The Kier molecular flexibility index (Phi) is 10.5. The van der Waals surface area contributed by atoms with Crippen LogP contribution in [0.2, 0.25) is 0 Å². The molecule has 14 heteroatoms. The van der Waals surface area contributed by atoms with Crippen LogP contribution in [0, 0.1) is 0 Å². The Morgan fingerprint density at radius 1 is 1.16 bits per heavy atom. The number of aliphatic hydroxyl groups is 1. The molecular weight excluding hydrogens is 595 g/mol. The van der Waals surface area contributed by atoms with E-state index in [-0.39, 0.29) is 34.9 Å². The van der Waals surface area contributed by atoms with Crippen LogP contribution in [0.5, 0.6) is 0 Å². The van der Waals surface area contributed by atoms with E-state index in [1.165, 1.54) is 6.92 Å². The second-order valence-electron chi connectivity index (χ2n) is 10.3. The van der Waals surface area contributed by atoms with Crippen LogP contribution >= 0.6 is 11.8 Å². The van der Waals surface area contributed by atoms with E-state index in [4.69, 9.17) is 11.5 Å². The molecule has 1 aliphatic rings. The molecule has 1 aliphatic heterocycles. The number of carbonyl (C=O) groups excluding carboxylic acids is 2. The van der Waals surface area contributed by atoms with Gasteiger partial charge in [-0.15, -0.1) is 11.8 Å². The van der Waals surface area contributed by atoms with Crippen LogP contribution in [0.3, 0.4) is 0 Å². The van der Waals surface area contributed by atoms with Crippen molar-refractivity contribution in [2.75, 3.05) is 36.1 Å². The molecule has 10 nitrogen and oxygen atoms in total. The summed E-state index contributed by atoms with van der Waals surface area (Å²) in [6.45, 7) is 2.59. The van der Waals surface area contributed by atoms with Gasteiger partial charge in [0.15, 0.2) is 0 Å². The van der Waals surface area contributed by atoms with Crippen molar-refractivity contribution in [1.82, 2.24) is 15.3 Å². The summed E-state index contributed by atoms with van der Waals surface area (Å²) in [5, 5.41) is 16.9. The van der Waals surface area contributed by atoms with Gasteiger partial charge < -0.3 is 32.1 Å². The van der Waals surface area contributed by atoms with Crippen molar-refractivity contribution in [3.8, 4) is 11.1 Å². The average Bonchev–Trinajstić information content (AvgIpc) is 2.98. The van der Waals surface area contributed by atoms with Gasteiger partial charge in [-0.3, -0.25) is 14.6 Å². The summed E-state index contributed by atoms with van der Waals surface area (Å²) in [5.41, 5.74) is 12.1. The number of piperidine rings is 1. The van der Waals surface area contributed by atoms with Gasteiger partial charge in [-0.2, -0.15) is 13.2 Å². The molecule has 2 amide bonds. The van der Waals surface area contributed by atoms with Gasteiger partial charge in [-0.05, 0) is 48.9 Å². The summed E-state index contributed by atoms with van der Waals surface area (Å²) < 4.78 is 42.1. The monoisotopic (exact) mass is 629 g/mol. The zero-order valence-corrected chi connectivity index (χ0v) is 25.0. The minimum absolute atomic E-state index is 0.0345. The molecule has 1 unspecified atom stereocenters. The number of hydrogen-bond acceptors (Lipinski definition) is 9. The van der Waals surface area contributed by atoms with E-state index < -0.39 is 29.4 Å². The number of anilines is 2. The van der Waals surface area contributed by atoms with E-state index >= 15 is 0 Å². The minimum atomic E-state index is -4.73. The first-order valence-corrected chi connectivity index (χ1v) is 15.0. The Labute approximate surface area is 257 Å². The van der Waals surface area contributed by atoms with Crippen LogP contribution in [0.1, 0.15) is 42.7 Å². The highest BCUT2D eigenvalue weighted by Crippen LogP contribution is 2.40. The van der Waals surface area contributed by atoms with Gasteiger partial charge in [0, 0.05) is 67.4 Å². The average molecular weight is 630 g/mol. The molecule has 44 heavy (non-hydrogen) atoms. The number of primary amides is 1. The lowest BCUT2D eigenvalue weighted by atomic mass is 10.0. The van der Waals surface area contributed by atoms with E-state index in [2.05, 4.69) is 20.6 Å². The maximum Gasteiger partial charge on any atom is 0.417 e. The number of nitrogens with two attached hydrogens (primary N) is 2. The predicted octanol–water partition coefficient (Wildman–Crippen LogP) is 3.92. The van der Waals surface area contributed by atoms with Gasteiger partial charge in [-0.25, -0.2) is 4.98 Å². The van der Waals surface area contributed by atoms with Gasteiger partial charge in [0.2, 0.25) is 11.8 Å². The molecule has 1 atom stereocenters. The first-order chi connectivity index (χ1) is 20.8. The largest absolute Gasteiger partial charge is 0.417 e. The van der Waals surface area contributed by atoms with E-state index in [0.717, 1.165) is 35.0 Å². The highest BCUT2D eigenvalue weighted by Gasteiger charge is 2.37. The Morgan fingerprint density at radius 3 is 2.48 bits per heavy atom. The van der Waals surface area contributed by atoms with Crippen molar-refractivity contribution in [2.45, 2.75) is 43.1 Å². The Hall–Kier alpha value is -4.14. The molecule has 4 rings (SSSR count). The van der Waals surface area contributed by atoms with Crippen LogP contribution in [0.4, 0.5) is 24.7 Å². The molecule has 0 bridgehead atoms. The first kappa shape index (κ1) is 32.8. The van der Waals surface area contributed by atoms with Crippen LogP contribution < -0.4 is 27.0 Å². The summed E-state index contributed by atoms with van der Waals surface area (Å²) >= 11 is 0.999. The fourth-order valence-corrected chi connectivity index (χ4v) is 5.61. The van der Waals surface area contributed by atoms with Crippen LogP contribution in [0.25, 0.3) is 16.8 Å². The molecular formula is C30H34F3N7O3S. The lowest BCUT2D eigenvalue weighted by molar-refractivity contribution is -0.138. The smallest absolute Gasteiger partial charge is 0.398 e. The molecule has 234 valence electrons. The second-order valence-corrected chi connectivity index (χ2v) is 11.1. The molecule has 7 N–H and O–H groups in total. The number of alkyl halides is 3. The quantitative estimate of drug-likeness (QED) is 0.166. The zero-order valence-electron chi connectivity index (χ0n) is 24.2. The summed E-state index contributed by atoms with van der Waals surface area (Å²) in [4.78, 5) is 33.3. The third-order valence-corrected chi connectivity index (χ3v) is 7.80. The van der Waals surface area contributed by atoms with Gasteiger partial charge in [0.25, 0.3) is 0 Å². The first-order valence-electron chi connectivity index (χ1n) is 13.8. The van der Waals surface area contributed by atoms with Gasteiger partial charge >= 0.3 is 6.18 Å². The van der Waals surface area contributed by atoms with Crippen LogP contribution in [-0.4, -0.2) is 58.8 Å². The Bertz CT molecular complexity index is 1530. The number of aliphatic hydroxyl groups excluding tert-OH is 1. The van der Waals surface area contributed by atoms with Crippen molar-refractivity contribution in [2.24, 2.45) is 11.5 Å². The number of halogens is 3. The van der Waals surface area contributed by atoms with Gasteiger partial charge in [0.05, 0.1) is 11.3 Å². The molecule has 0 radical (unpaired) electrons. The standard InChI is InChI=1S/C30H34F3N7O3S/c1-17(41)38-21-5-3-4-18(12-21)19-6-7-24(37-15-19)25(42)16-36-20-8-10-40(11-9-20)27-13-22(30(31,32)33)28(29(39-27)44-2)23(34)14-26(35)43/h3-7,12-15,20,25,36,42H,8-11,16,34H2,1-2H3,(H2,35,43)(H,38,41)/b23-14-. The van der Waals surface area contributed by atoms with Crippen molar-refractivity contribution in [3.63, 3.8) is 0 Å². The van der Waals surface area contributed by atoms with E-state index in [0.29, 0.717) is 37.3 Å². The fraction of sp³-hybridized carbons (Fsp3) is 0.333. The number of hydrogen-bond donors (Lipinski definition) is 5. The summed E-state index contributed by atoms with van der Waals surface area (Å²) in [5.74, 6) is -0.947. The van der Waals surface area contributed by atoms with Crippen molar-refractivity contribution >= 4 is 40.8 Å². The van der Waals surface area contributed by atoms with Crippen molar-refractivity contribution < 1.29 is 27.9 Å². The maximum atomic E-state index is 14.0. The highest BCUT2D eigenvalue weighted by atomic mass is 32.2. The summed E-state index contributed by atoms with van der Waals surface area (Å²) in [6, 6.07) is 12.0. The number of carbonyl (C=O) groups is 2. The molecule has 3 aromatic rings. The van der Waals surface area contributed by atoms with Crippen LogP contribution in [0.15, 0.2) is 59.8 Å². The third kappa shape index (κ3) is 8.27. The molecule has 1 saturated heterocycles. The topological polar surface area (TPSA) is 159 Å². The SMILES string of the molecule is CSc1nc(N2CCC(NCC(O)c3ccc(-c4cccc(NC(C)=O)c4)cn3)CC2)cc(C(F)(F)F)c1/C(N)=C/C(N)=O. The number of rotatable bonds is 10. The van der Waals surface area contributed by atoms with Crippen LogP contribution in [-0.2, 0) is 15.8 Å². The Balaban J connectivity index is 1.37. The van der Waals surface area contributed by atoms with Crippen molar-refractivity contribution in [3.05, 3.63) is 71.6 Å². The number of nitrogens with one attached hydrogen (secondary N) is 2. The number of amides is 2. The lowest BCUT2D eigenvalue weighted by Gasteiger charge is -2.34. The minimum Gasteiger partial charge on any atom is -0.398 e. The molecule has 0 aliphatic carbocycles.